The lowest BCUT2D eigenvalue weighted by atomic mass is 9.73. The number of hydrogen-bond donors (Lipinski definition) is 0. The van der Waals surface area contributed by atoms with E-state index in [4.69, 9.17) is 5.26 Å². The first-order chi connectivity index (χ1) is 8.40. The minimum absolute atomic E-state index is 0.0397. The predicted molar refractivity (Wildman–Crippen MR) is 80.9 cm³/mol. The Labute approximate surface area is 116 Å². The van der Waals surface area contributed by atoms with Gasteiger partial charge in [0.1, 0.15) is 0 Å². The van der Waals surface area contributed by atoms with Crippen molar-refractivity contribution >= 4 is 16.8 Å². The number of hydrogen-bond acceptors (Lipinski definition) is 3. The van der Waals surface area contributed by atoms with Gasteiger partial charge in [-0.15, -0.1) is 11.8 Å². The van der Waals surface area contributed by atoms with Crippen molar-refractivity contribution < 1.29 is 0 Å². The van der Waals surface area contributed by atoms with Crippen LogP contribution in [0, 0.1) is 22.7 Å². The maximum atomic E-state index is 8.97. The summed E-state index contributed by atoms with van der Waals surface area (Å²) in [6, 6.07) is 2.73. The van der Waals surface area contributed by atoms with Gasteiger partial charge < -0.3 is 0 Å². The third kappa shape index (κ3) is 3.88. The van der Waals surface area contributed by atoms with Crippen LogP contribution in [0.15, 0.2) is 17.1 Å². The Bertz CT molecular complexity index is 376. The van der Waals surface area contributed by atoms with Gasteiger partial charge in [0, 0.05) is 11.7 Å². The molecule has 0 fully saturated rings. The summed E-state index contributed by atoms with van der Waals surface area (Å²) >= 11 is 1.90. The van der Waals surface area contributed by atoms with Gasteiger partial charge in [-0.05, 0) is 38.5 Å². The van der Waals surface area contributed by atoms with Crippen molar-refractivity contribution in [3.8, 4) is 6.07 Å². The third-order valence-electron chi connectivity index (χ3n) is 3.69. The van der Waals surface area contributed by atoms with Gasteiger partial charge in [0.2, 0.25) is 0 Å². The van der Waals surface area contributed by atoms with Gasteiger partial charge in [-0.25, -0.2) is 0 Å². The van der Waals surface area contributed by atoms with E-state index in [0.717, 1.165) is 6.42 Å². The van der Waals surface area contributed by atoms with E-state index in [2.05, 4.69) is 57.8 Å². The second kappa shape index (κ2) is 6.43. The predicted octanol–water partition coefficient (Wildman–Crippen LogP) is 4.43. The molecule has 3 heteroatoms. The monoisotopic (exact) mass is 264 g/mol. The van der Waals surface area contributed by atoms with Gasteiger partial charge in [0.05, 0.1) is 17.2 Å². The molecule has 0 bridgehead atoms. The number of nitriles is 1. The van der Waals surface area contributed by atoms with Crippen molar-refractivity contribution in [3.63, 3.8) is 0 Å². The highest BCUT2D eigenvalue weighted by molar-refractivity contribution is 8.14. The highest BCUT2D eigenvalue weighted by Gasteiger charge is 2.33. The van der Waals surface area contributed by atoms with Crippen molar-refractivity contribution in [2.45, 2.75) is 58.8 Å². The van der Waals surface area contributed by atoms with Crippen molar-refractivity contribution in [1.29, 1.82) is 5.26 Å². The highest BCUT2D eigenvalue weighted by Crippen LogP contribution is 2.40. The van der Waals surface area contributed by atoms with E-state index in [-0.39, 0.29) is 5.41 Å². The zero-order valence-corrected chi connectivity index (χ0v) is 12.9. The van der Waals surface area contributed by atoms with Gasteiger partial charge in [0.15, 0.2) is 0 Å². The molecule has 0 saturated heterocycles. The molecule has 1 aliphatic rings. The molecular formula is C15H24N2S. The Morgan fingerprint density at radius 3 is 2.67 bits per heavy atom. The van der Waals surface area contributed by atoms with Crippen LogP contribution in [0.4, 0.5) is 0 Å². The smallest absolute Gasteiger partial charge is 0.0652 e. The van der Waals surface area contributed by atoms with Crippen molar-refractivity contribution in [3.05, 3.63) is 12.2 Å². The van der Waals surface area contributed by atoms with E-state index in [9.17, 15) is 0 Å². The molecule has 0 radical (unpaired) electrons. The van der Waals surface area contributed by atoms with E-state index in [1.807, 2.05) is 11.8 Å². The molecule has 0 aromatic carbocycles. The van der Waals surface area contributed by atoms with Crippen LogP contribution in [-0.4, -0.2) is 16.3 Å². The van der Waals surface area contributed by atoms with Crippen molar-refractivity contribution in [2.24, 2.45) is 16.3 Å². The summed E-state index contributed by atoms with van der Waals surface area (Å²) in [6.07, 6.45) is 6.08. The fraction of sp³-hybridized carbons (Fsp3) is 0.733. The SMILES string of the molecule is CC=CC(CC1SC(C)=NC1C)C(C)(C)CC#N. The minimum Gasteiger partial charge on any atom is -0.279 e. The first-order valence-electron chi connectivity index (χ1n) is 6.61. The Balaban J connectivity index is 2.73. The standard InChI is InChI=1S/C15H24N2S/c1-6-7-13(15(4,5)8-9-16)10-14-11(2)17-12(3)18-14/h6-7,11,13-14H,8,10H2,1-5H3. The second-order valence-corrected chi connectivity index (χ2v) is 7.17. The summed E-state index contributed by atoms with van der Waals surface area (Å²) in [5.41, 5.74) is 0.0397. The maximum absolute atomic E-state index is 8.97. The Kier molecular flexibility index (Phi) is 5.47. The molecular weight excluding hydrogens is 240 g/mol. The molecule has 100 valence electrons. The lowest BCUT2D eigenvalue weighted by Crippen LogP contribution is -2.27. The lowest BCUT2D eigenvalue weighted by Gasteiger charge is -2.32. The molecule has 1 aliphatic heterocycles. The summed E-state index contributed by atoms with van der Waals surface area (Å²) in [5, 5.41) is 10.7. The van der Waals surface area contributed by atoms with Crippen LogP contribution >= 0.6 is 11.8 Å². The third-order valence-corrected chi connectivity index (χ3v) is 5.03. The van der Waals surface area contributed by atoms with Crippen LogP contribution in [0.5, 0.6) is 0 Å². The fourth-order valence-corrected chi connectivity index (χ4v) is 3.67. The van der Waals surface area contributed by atoms with Crippen molar-refractivity contribution in [2.75, 3.05) is 0 Å². The average Bonchev–Trinajstić information content (AvgIpc) is 2.56. The van der Waals surface area contributed by atoms with E-state index in [1.54, 1.807) is 0 Å². The zero-order chi connectivity index (χ0) is 13.8. The summed E-state index contributed by atoms with van der Waals surface area (Å²) in [4.78, 5) is 4.60. The Morgan fingerprint density at radius 1 is 1.56 bits per heavy atom. The summed E-state index contributed by atoms with van der Waals surface area (Å²) < 4.78 is 0. The Morgan fingerprint density at radius 2 is 2.22 bits per heavy atom. The van der Waals surface area contributed by atoms with Crippen LogP contribution in [-0.2, 0) is 0 Å². The molecule has 0 saturated carbocycles. The van der Waals surface area contributed by atoms with E-state index in [1.165, 1.54) is 5.04 Å². The van der Waals surface area contributed by atoms with E-state index in [0.29, 0.717) is 23.6 Å². The average molecular weight is 264 g/mol. The molecule has 0 aromatic heterocycles. The van der Waals surface area contributed by atoms with Crippen LogP contribution < -0.4 is 0 Å². The number of rotatable bonds is 5. The van der Waals surface area contributed by atoms with Crippen LogP contribution in [0.3, 0.4) is 0 Å². The molecule has 3 atom stereocenters. The zero-order valence-electron chi connectivity index (χ0n) is 12.1. The van der Waals surface area contributed by atoms with E-state index >= 15 is 0 Å². The summed E-state index contributed by atoms with van der Waals surface area (Å²) in [5.74, 6) is 0.447. The summed E-state index contributed by atoms with van der Waals surface area (Å²) in [6.45, 7) is 10.7. The molecule has 0 aromatic rings. The minimum atomic E-state index is 0.0397. The molecule has 0 amide bonds. The quantitative estimate of drug-likeness (QED) is 0.689. The number of allylic oxidation sites excluding steroid dienone is 2. The van der Waals surface area contributed by atoms with Gasteiger partial charge in [-0.1, -0.05) is 26.0 Å². The molecule has 2 nitrogen and oxygen atoms in total. The lowest BCUT2D eigenvalue weighted by molar-refractivity contribution is 0.248. The van der Waals surface area contributed by atoms with Gasteiger partial charge in [0.25, 0.3) is 0 Å². The number of aliphatic imine (C=N–C) groups is 1. The van der Waals surface area contributed by atoms with E-state index < -0.39 is 0 Å². The Hall–Kier alpha value is -0.750. The number of nitrogens with zero attached hydrogens (tertiary/aromatic N) is 2. The van der Waals surface area contributed by atoms with Gasteiger partial charge in [-0.3, -0.25) is 4.99 Å². The maximum Gasteiger partial charge on any atom is 0.0652 e. The molecule has 0 aliphatic carbocycles. The molecule has 18 heavy (non-hydrogen) atoms. The topological polar surface area (TPSA) is 36.1 Å². The normalized spacial score (nSPS) is 26.1. The van der Waals surface area contributed by atoms with Gasteiger partial charge in [-0.2, -0.15) is 5.26 Å². The second-order valence-electron chi connectivity index (χ2n) is 5.74. The molecule has 1 heterocycles. The highest BCUT2D eigenvalue weighted by atomic mass is 32.2. The first kappa shape index (κ1) is 15.3. The molecule has 0 N–H and O–H groups in total. The summed E-state index contributed by atoms with van der Waals surface area (Å²) in [7, 11) is 0. The largest absolute Gasteiger partial charge is 0.279 e. The molecule has 1 rings (SSSR count). The van der Waals surface area contributed by atoms with Crippen LogP contribution in [0.1, 0.15) is 47.5 Å². The van der Waals surface area contributed by atoms with Crippen LogP contribution in [0.2, 0.25) is 0 Å². The molecule has 0 spiro atoms. The van der Waals surface area contributed by atoms with Crippen LogP contribution in [0.25, 0.3) is 0 Å². The van der Waals surface area contributed by atoms with Gasteiger partial charge >= 0.3 is 0 Å². The fourth-order valence-electron chi connectivity index (χ4n) is 2.44. The van der Waals surface area contributed by atoms with Crippen molar-refractivity contribution in [1.82, 2.24) is 0 Å². The number of thioether (sulfide) groups is 1. The molecule has 3 unspecified atom stereocenters. The first-order valence-corrected chi connectivity index (χ1v) is 7.49.